The van der Waals surface area contributed by atoms with E-state index < -0.39 is 6.09 Å². The molecule has 4 nitrogen and oxygen atoms in total. The highest BCUT2D eigenvalue weighted by Crippen LogP contribution is 2.41. The van der Waals surface area contributed by atoms with Gasteiger partial charge in [-0.3, -0.25) is 4.79 Å². The normalized spacial score (nSPS) is 30.9. The maximum atomic E-state index is 11.3. The zero-order chi connectivity index (χ0) is 11.1. The van der Waals surface area contributed by atoms with Gasteiger partial charge in [0.15, 0.2) is 5.78 Å². The van der Waals surface area contributed by atoms with E-state index in [0.717, 1.165) is 12.0 Å². The number of rotatable bonds is 0. The van der Waals surface area contributed by atoms with Gasteiger partial charge in [-0.25, -0.2) is 4.79 Å². The van der Waals surface area contributed by atoms with Crippen LogP contribution in [0.2, 0.25) is 0 Å². The molecule has 1 N–H and O–H groups in total. The van der Waals surface area contributed by atoms with Crippen molar-refractivity contribution < 1.29 is 14.7 Å². The van der Waals surface area contributed by atoms with Crippen LogP contribution < -0.4 is 0 Å². The zero-order valence-corrected chi connectivity index (χ0v) is 8.82. The lowest BCUT2D eigenvalue weighted by Crippen LogP contribution is -2.47. The maximum Gasteiger partial charge on any atom is 0.407 e. The average molecular weight is 209 g/mol. The lowest BCUT2D eigenvalue weighted by atomic mass is 9.70. The molecule has 1 saturated heterocycles. The van der Waals surface area contributed by atoms with E-state index in [1.807, 2.05) is 0 Å². The smallest absolute Gasteiger partial charge is 0.407 e. The molecule has 15 heavy (non-hydrogen) atoms. The molecule has 2 rings (SSSR count). The van der Waals surface area contributed by atoms with Crippen LogP contribution in [-0.4, -0.2) is 35.0 Å². The standard InChI is InChI=1S/C11H15NO3/c1-11-4-2-9(13)6-8(11)3-5-12(7-11)10(14)15/h6H,2-5,7H2,1H3,(H,14,15)/t11-/m1/s1. The molecule has 0 radical (unpaired) electrons. The fourth-order valence-corrected chi connectivity index (χ4v) is 2.47. The first-order chi connectivity index (χ1) is 7.01. The van der Waals surface area contributed by atoms with Gasteiger partial charge in [-0.05, 0) is 18.9 Å². The third-order valence-electron chi connectivity index (χ3n) is 3.50. The van der Waals surface area contributed by atoms with Gasteiger partial charge in [0.25, 0.3) is 0 Å². The number of carboxylic acid groups (broad SMARTS) is 1. The van der Waals surface area contributed by atoms with Crippen molar-refractivity contribution in [3.63, 3.8) is 0 Å². The summed E-state index contributed by atoms with van der Waals surface area (Å²) in [7, 11) is 0. The number of likely N-dealkylation sites (tertiary alicyclic amines) is 1. The molecule has 0 bridgehead atoms. The monoisotopic (exact) mass is 209 g/mol. The first-order valence-electron chi connectivity index (χ1n) is 5.23. The molecule has 2 aliphatic rings. The summed E-state index contributed by atoms with van der Waals surface area (Å²) in [6.07, 6.45) is 2.90. The van der Waals surface area contributed by atoms with Crippen LogP contribution in [0.4, 0.5) is 4.79 Å². The molecular weight excluding hydrogens is 194 g/mol. The SMILES string of the molecule is C[C@]12CCC(=O)C=C1CCN(C(=O)O)C2. The minimum absolute atomic E-state index is 0.107. The van der Waals surface area contributed by atoms with E-state index in [-0.39, 0.29) is 11.2 Å². The fourth-order valence-electron chi connectivity index (χ4n) is 2.47. The number of carbonyl (C=O) groups is 2. The van der Waals surface area contributed by atoms with E-state index in [4.69, 9.17) is 5.11 Å². The first kappa shape index (κ1) is 10.2. The first-order valence-corrected chi connectivity index (χ1v) is 5.23. The van der Waals surface area contributed by atoms with Crippen molar-refractivity contribution in [1.82, 2.24) is 4.90 Å². The molecular formula is C11H15NO3. The van der Waals surface area contributed by atoms with Gasteiger partial charge in [0.1, 0.15) is 0 Å². The highest BCUT2D eigenvalue weighted by atomic mass is 16.4. The molecule has 4 heteroatoms. The molecule has 1 fully saturated rings. The van der Waals surface area contributed by atoms with E-state index in [1.54, 1.807) is 6.08 Å². The van der Waals surface area contributed by atoms with Gasteiger partial charge in [-0.1, -0.05) is 12.5 Å². The number of allylic oxidation sites excluding steroid dienone is 1. The van der Waals surface area contributed by atoms with Crippen LogP contribution in [0.25, 0.3) is 0 Å². The second kappa shape index (κ2) is 3.36. The Morgan fingerprint density at radius 3 is 2.93 bits per heavy atom. The van der Waals surface area contributed by atoms with Gasteiger partial charge in [-0.15, -0.1) is 0 Å². The van der Waals surface area contributed by atoms with E-state index >= 15 is 0 Å². The predicted molar refractivity (Wildman–Crippen MR) is 54.6 cm³/mol. The molecule has 0 unspecified atom stereocenters. The Morgan fingerprint density at radius 1 is 1.53 bits per heavy atom. The van der Waals surface area contributed by atoms with Gasteiger partial charge < -0.3 is 10.0 Å². The molecule has 0 saturated carbocycles. The van der Waals surface area contributed by atoms with E-state index in [2.05, 4.69) is 6.92 Å². The molecule has 0 spiro atoms. The third-order valence-corrected chi connectivity index (χ3v) is 3.50. The van der Waals surface area contributed by atoms with Crippen LogP contribution in [0.15, 0.2) is 11.6 Å². The quantitative estimate of drug-likeness (QED) is 0.660. The van der Waals surface area contributed by atoms with Gasteiger partial charge in [-0.2, -0.15) is 0 Å². The summed E-state index contributed by atoms with van der Waals surface area (Å²) in [6.45, 7) is 3.10. The average Bonchev–Trinajstić information content (AvgIpc) is 2.18. The van der Waals surface area contributed by atoms with Crippen molar-refractivity contribution in [2.75, 3.05) is 13.1 Å². The number of hydrogen-bond acceptors (Lipinski definition) is 2. The van der Waals surface area contributed by atoms with Crippen molar-refractivity contribution >= 4 is 11.9 Å². The Bertz CT molecular complexity index is 348. The number of amides is 1. The molecule has 1 aliphatic heterocycles. The number of hydrogen-bond donors (Lipinski definition) is 1. The molecule has 0 aromatic rings. The summed E-state index contributed by atoms with van der Waals surface area (Å²) >= 11 is 0. The Hall–Kier alpha value is -1.32. The van der Waals surface area contributed by atoms with Crippen molar-refractivity contribution in [3.8, 4) is 0 Å². The lowest BCUT2D eigenvalue weighted by molar-refractivity contribution is -0.116. The Kier molecular flexibility index (Phi) is 2.29. The number of piperidine rings is 1. The number of nitrogens with zero attached hydrogens (tertiary/aromatic N) is 1. The van der Waals surface area contributed by atoms with Gasteiger partial charge in [0.2, 0.25) is 0 Å². The Balaban J connectivity index is 2.22. The molecule has 1 heterocycles. The predicted octanol–water partition coefficient (Wildman–Crippen LogP) is 1.67. The van der Waals surface area contributed by atoms with Crippen LogP contribution in [-0.2, 0) is 4.79 Å². The van der Waals surface area contributed by atoms with E-state index in [0.29, 0.717) is 25.9 Å². The van der Waals surface area contributed by atoms with Crippen LogP contribution in [0.3, 0.4) is 0 Å². The molecule has 1 atom stereocenters. The summed E-state index contributed by atoms with van der Waals surface area (Å²) in [5.41, 5.74) is 1.03. The Labute approximate surface area is 88.6 Å². The summed E-state index contributed by atoms with van der Waals surface area (Å²) in [5.74, 6) is 0.186. The van der Waals surface area contributed by atoms with Crippen LogP contribution >= 0.6 is 0 Å². The maximum absolute atomic E-state index is 11.3. The molecule has 1 aliphatic carbocycles. The number of carbonyl (C=O) groups excluding carboxylic acids is 1. The lowest BCUT2D eigenvalue weighted by Gasteiger charge is -2.43. The molecule has 82 valence electrons. The largest absolute Gasteiger partial charge is 0.465 e. The van der Waals surface area contributed by atoms with E-state index in [1.165, 1.54) is 4.90 Å². The van der Waals surface area contributed by atoms with Crippen molar-refractivity contribution in [1.29, 1.82) is 0 Å². The fraction of sp³-hybridized carbons (Fsp3) is 0.636. The van der Waals surface area contributed by atoms with Gasteiger partial charge in [0, 0.05) is 24.9 Å². The molecule has 0 aromatic carbocycles. The van der Waals surface area contributed by atoms with Crippen LogP contribution in [0.1, 0.15) is 26.2 Å². The molecule has 1 amide bonds. The highest BCUT2D eigenvalue weighted by Gasteiger charge is 2.39. The summed E-state index contributed by atoms with van der Waals surface area (Å²) in [5, 5.41) is 8.93. The van der Waals surface area contributed by atoms with Gasteiger partial charge in [0.05, 0.1) is 0 Å². The van der Waals surface area contributed by atoms with E-state index in [9.17, 15) is 9.59 Å². The number of ketones is 1. The van der Waals surface area contributed by atoms with Crippen LogP contribution in [0.5, 0.6) is 0 Å². The van der Waals surface area contributed by atoms with Crippen molar-refractivity contribution in [2.24, 2.45) is 5.41 Å². The van der Waals surface area contributed by atoms with Crippen molar-refractivity contribution in [2.45, 2.75) is 26.2 Å². The Morgan fingerprint density at radius 2 is 2.27 bits per heavy atom. The highest BCUT2D eigenvalue weighted by molar-refractivity contribution is 5.91. The zero-order valence-electron chi connectivity index (χ0n) is 8.82. The second-order valence-electron chi connectivity index (χ2n) is 4.65. The minimum atomic E-state index is -0.854. The summed E-state index contributed by atoms with van der Waals surface area (Å²) in [6, 6.07) is 0. The van der Waals surface area contributed by atoms with Crippen molar-refractivity contribution in [3.05, 3.63) is 11.6 Å². The minimum Gasteiger partial charge on any atom is -0.465 e. The van der Waals surface area contributed by atoms with Gasteiger partial charge >= 0.3 is 6.09 Å². The third kappa shape index (κ3) is 1.76. The summed E-state index contributed by atoms with van der Waals surface area (Å²) < 4.78 is 0. The number of fused-ring (bicyclic) bond motifs is 1. The molecule has 0 aromatic heterocycles. The summed E-state index contributed by atoms with van der Waals surface area (Å²) in [4.78, 5) is 23.6. The second-order valence-corrected chi connectivity index (χ2v) is 4.65. The van der Waals surface area contributed by atoms with Crippen LogP contribution in [0, 0.1) is 5.41 Å². The topological polar surface area (TPSA) is 57.6 Å².